The number of ether oxygens (including phenoxy) is 1. The fourth-order valence-electron chi connectivity index (χ4n) is 4.56. The second kappa shape index (κ2) is 9.67. The van der Waals surface area contributed by atoms with Crippen LogP contribution >= 0.6 is 0 Å². The first-order valence-corrected chi connectivity index (χ1v) is 11.5. The molecule has 4 heterocycles. The zero-order valence-corrected chi connectivity index (χ0v) is 19.0. The summed E-state index contributed by atoms with van der Waals surface area (Å²) >= 11 is 0. The number of amides is 4. The molecule has 180 valence electrons. The quantitative estimate of drug-likeness (QED) is 0.635. The summed E-state index contributed by atoms with van der Waals surface area (Å²) in [6.45, 7) is 2.37. The monoisotopic (exact) mass is 475 g/mol. The summed E-state index contributed by atoms with van der Waals surface area (Å²) in [4.78, 5) is 58.4. The highest BCUT2D eigenvalue weighted by Crippen LogP contribution is 2.30. The van der Waals surface area contributed by atoms with Gasteiger partial charge in [-0.2, -0.15) is 0 Å². The molecule has 3 aliphatic rings. The first-order valence-electron chi connectivity index (χ1n) is 11.5. The third-order valence-corrected chi connectivity index (χ3v) is 6.42. The van der Waals surface area contributed by atoms with E-state index in [4.69, 9.17) is 4.74 Å². The molecule has 2 aromatic rings. The van der Waals surface area contributed by atoms with E-state index in [2.05, 4.69) is 15.6 Å². The third kappa shape index (κ3) is 4.78. The van der Waals surface area contributed by atoms with Crippen molar-refractivity contribution in [1.82, 2.24) is 20.1 Å². The molecule has 0 aliphatic carbocycles. The summed E-state index contributed by atoms with van der Waals surface area (Å²) in [5, 5.41) is 5.75. The van der Waals surface area contributed by atoms with Crippen molar-refractivity contribution in [3.63, 3.8) is 0 Å². The van der Waals surface area contributed by atoms with Crippen LogP contribution in [0.4, 0.5) is 5.69 Å². The highest BCUT2D eigenvalue weighted by molar-refractivity contribution is 6.10. The minimum absolute atomic E-state index is 0.116. The van der Waals surface area contributed by atoms with Crippen molar-refractivity contribution in [3.05, 3.63) is 65.5 Å². The van der Waals surface area contributed by atoms with Crippen molar-refractivity contribution >= 4 is 35.4 Å². The van der Waals surface area contributed by atoms with E-state index >= 15 is 0 Å². The highest BCUT2D eigenvalue weighted by Gasteiger charge is 2.43. The Labute approximate surface area is 201 Å². The standard InChI is InChI=1S/C25H25N5O5/c31-22(29-9-11-35-12-10-29)4-2-16-1-3-20-19(13-16)25(34)30-15-18(14-21(30)24(33)28-20)27-23(32)17-5-7-26-8-6-17/h1-8,13,18,21H,9-12,14-15H2,(H,27,32)(H,28,33). The number of hydrogen-bond donors (Lipinski definition) is 2. The Bertz CT molecular complexity index is 1190. The smallest absolute Gasteiger partial charge is 0.256 e. The van der Waals surface area contributed by atoms with Crippen molar-refractivity contribution in [3.8, 4) is 0 Å². The van der Waals surface area contributed by atoms with Crippen LogP contribution in [0.2, 0.25) is 0 Å². The number of morpholine rings is 1. The number of nitrogens with zero attached hydrogens (tertiary/aromatic N) is 3. The van der Waals surface area contributed by atoms with Crippen LogP contribution < -0.4 is 10.6 Å². The van der Waals surface area contributed by atoms with Crippen LogP contribution in [0.5, 0.6) is 0 Å². The van der Waals surface area contributed by atoms with Gasteiger partial charge in [0.05, 0.1) is 24.5 Å². The molecule has 2 fully saturated rings. The van der Waals surface area contributed by atoms with Gasteiger partial charge in [0.1, 0.15) is 6.04 Å². The van der Waals surface area contributed by atoms with Crippen molar-refractivity contribution in [2.45, 2.75) is 18.5 Å². The number of nitrogens with one attached hydrogen (secondary N) is 2. The lowest BCUT2D eigenvalue weighted by Gasteiger charge is -2.25. The van der Waals surface area contributed by atoms with Gasteiger partial charge >= 0.3 is 0 Å². The summed E-state index contributed by atoms with van der Waals surface area (Å²) in [7, 11) is 0. The normalized spacial score (nSPS) is 21.8. The Morgan fingerprint density at radius 1 is 1.11 bits per heavy atom. The first-order chi connectivity index (χ1) is 17.0. The van der Waals surface area contributed by atoms with Crippen LogP contribution in [0.1, 0.15) is 32.7 Å². The van der Waals surface area contributed by atoms with E-state index in [-0.39, 0.29) is 36.2 Å². The number of hydrogen-bond acceptors (Lipinski definition) is 6. The fourth-order valence-corrected chi connectivity index (χ4v) is 4.56. The Morgan fingerprint density at radius 3 is 2.66 bits per heavy atom. The summed E-state index contributed by atoms with van der Waals surface area (Å²) in [5.41, 5.74) is 1.92. The fraction of sp³-hybridized carbons (Fsp3) is 0.320. The second-order valence-corrected chi connectivity index (χ2v) is 8.68. The van der Waals surface area contributed by atoms with Gasteiger partial charge in [-0.25, -0.2) is 0 Å². The number of aromatic nitrogens is 1. The van der Waals surface area contributed by atoms with Gasteiger partial charge in [0.2, 0.25) is 11.8 Å². The lowest BCUT2D eigenvalue weighted by molar-refractivity contribution is -0.129. The van der Waals surface area contributed by atoms with Gasteiger partial charge in [0, 0.05) is 49.7 Å². The summed E-state index contributed by atoms with van der Waals surface area (Å²) in [6, 6.07) is 7.28. The molecule has 2 N–H and O–H groups in total. The molecule has 0 bridgehead atoms. The molecule has 1 aromatic carbocycles. The molecular weight excluding hydrogens is 450 g/mol. The van der Waals surface area contributed by atoms with Gasteiger partial charge < -0.3 is 25.2 Å². The highest BCUT2D eigenvalue weighted by atomic mass is 16.5. The largest absolute Gasteiger partial charge is 0.378 e. The van der Waals surface area contributed by atoms with Gasteiger partial charge in [0.15, 0.2) is 0 Å². The zero-order valence-electron chi connectivity index (χ0n) is 19.0. The molecule has 3 aliphatic heterocycles. The van der Waals surface area contributed by atoms with Gasteiger partial charge in [-0.15, -0.1) is 0 Å². The van der Waals surface area contributed by atoms with E-state index < -0.39 is 6.04 Å². The van der Waals surface area contributed by atoms with Gasteiger partial charge in [0.25, 0.3) is 11.8 Å². The Hall–Kier alpha value is -4.05. The molecule has 10 heteroatoms. The predicted molar refractivity (Wildman–Crippen MR) is 126 cm³/mol. The Kier molecular flexibility index (Phi) is 6.28. The number of pyridine rings is 1. The minimum Gasteiger partial charge on any atom is -0.378 e. The minimum atomic E-state index is -0.681. The predicted octanol–water partition coefficient (Wildman–Crippen LogP) is 0.919. The summed E-state index contributed by atoms with van der Waals surface area (Å²) in [5.74, 6) is -0.974. The Balaban J connectivity index is 1.31. The third-order valence-electron chi connectivity index (χ3n) is 6.42. The van der Waals surface area contributed by atoms with E-state index in [9.17, 15) is 19.2 Å². The molecular formula is C25H25N5O5. The maximum Gasteiger partial charge on any atom is 0.256 e. The molecule has 0 radical (unpaired) electrons. The number of carbonyl (C=O) groups is 4. The summed E-state index contributed by atoms with van der Waals surface area (Å²) in [6.07, 6.45) is 6.54. The van der Waals surface area contributed by atoms with Gasteiger partial charge in [-0.3, -0.25) is 24.2 Å². The average Bonchev–Trinajstić information content (AvgIpc) is 3.28. The van der Waals surface area contributed by atoms with E-state index in [1.165, 1.54) is 23.4 Å². The molecule has 1 aromatic heterocycles. The second-order valence-electron chi connectivity index (χ2n) is 8.68. The maximum absolute atomic E-state index is 13.4. The molecule has 0 saturated carbocycles. The Morgan fingerprint density at radius 2 is 1.89 bits per heavy atom. The van der Waals surface area contributed by atoms with Crippen LogP contribution in [0.25, 0.3) is 6.08 Å². The SMILES string of the molecule is O=C(NC1CC2C(=O)Nc3ccc(C=CC(=O)N4CCOCC4)cc3C(=O)N2C1)c1ccncc1. The molecule has 2 unspecified atom stereocenters. The number of fused-ring (bicyclic) bond motifs is 2. The van der Waals surface area contributed by atoms with Crippen LogP contribution in [0.3, 0.4) is 0 Å². The lowest BCUT2D eigenvalue weighted by atomic mass is 10.1. The topological polar surface area (TPSA) is 121 Å². The number of rotatable bonds is 4. The van der Waals surface area contributed by atoms with E-state index in [1.807, 2.05) is 0 Å². The van der Waals surface area contributed by atoms with Crippen molar-refractivity contribution in [2.75, 3.05) is 38.2 Å². The van der Waals surface area contributed by atoms with E-state index in [1.54, 1.807) is 41.3 Å². The molecule has 2 saturated heterocycles. The van der Waals surface area contributed by atoms with Crippen LogP contribution in [-0.2, 0) is 14.3 Å². The average molecular weight is 476 g/mol. The van der Waals surface area contributed by atoms with Crippen molar-refractivity contribution in [1.29, 1.82) is 0 Å². The van der Waals surface area contributed by atoms with E-state index in [0.29, 0.717) is 55.1 Å². The van der Waals surface area contributed by atoms with Crippen molar-refractivity contribution < 1.29 is 23.9 Å². The van der Waals surface area contributed by atoms with Crippen LogP contribution in [-0.4, -0.2) is 83.3 Å². The molecule has 5 rings (SSSR count). The van der Waals surface area contributed by atoms with Gasteiger partial charge in [-0.05, 0) is 42.3 Å². The molecule has 4 amide bonds. The molecule has 0 spiro atoms. The molecule has 10 nitrogen and oxygen atoms in total. The molecule has 35 heavy (non-hydrogen) atoms. The maximum atomic E-state index is 13.4. The van der Waals surface area contributed by atoms with Gasteiger partial charge in [-0.1, -0.05) is 6.07 Å². The first kappa shape index (κ1) is 22.7. The lowest BCUT2D eigenvalue weighted by Crippen LogP contribution is -2.41. The summed E-state index contributed by atoms with van der Waals surface area (Å²) < 4.78 is 5.27. The zero-order chi connectivity index (χ0) is 24.4. The van der Waals surface area contributed by atoms with E-state index in [0.717, 1.165) is 0 Å². The number of benzene rings is 1. The number of anilines is 1. The molecule has 2 atom stereocenters. The number of carbonyl (C=O) groups excluding carboxylic acids is 4. The van der Waals surface area contributed by atoms with Crippen LogP contribution in [0, 0.1) is 0 Å². The van der Waals surface area contributed by atoms with Crippen molar-refractivity contribution in [2.24, 2.45) is 0 Å². The van der Waals surface area contributed by atoms with Crippen LogP contribution in [0.15, 0.2) is 48.8 Å².